The molecule has 3 aromatic rings. The number of benzene rings is 1. The summed E-state index contributed by atoms with van der Waals surface area (Å²) in [6.07, 6.45) is 2.98. The molecule has 0 aliphatic carbocycles. The van der Waals surface area contributed by atoms with Crippen LogP contribution in [0.15, 0.2) is 64.4 Å². The molecule has 8 nitrogen and oxygen atoms in total. The lowest BCUT2D eigenvalue weighted by Crippen LogP contribution is -2.18. The van der Waals surface area contributed by atoms with Crippen LogP contribution in [0.5, 0.6) is 0 Å². The van der Waals surface area contributed by atoms with Crippen LogP contribution in [0.1, 0.15) is 33.5 Å². The predicted molar refractivity (Wildman–Crippen MR) is 96.0 cm³/mol. The Morgan fingerprint density at radius 3 is 2.50 bits per heavy atom. The van der Waals surface area contributed by atoms with Gasteiger partial charge in [-0.3, -0.25) is 14.3 Å². The summed E-state index contributed by atoms with van der Waals surface area (Å²) >= 11 is 0. The second kappa shape index (κ2) is 7.47. The lowest BCUT2D eigenvalue weighted by Gasteiger charge is -2.07. The average Bonchev–Trinajstić information content (AvgIpc) is 3.31. The van der Waals surface area contributed by atoms with Gasteiger partial charge < -0.3 is 9.73 Å². The molecule has 0 bridgehead atoms. The first-order valence-electron chi connectivity index (χ1n) is 7.82. The largest absolute Gasteiger partial charge is 0.459 e. The molecule has 0 radical (unpaired) electrons. The molecule has 0 atom stereocenters. The minimum absolute atomic E-state index is 0.190. The smallest absolute Gasteiger partial charge is 0.307 e. The Hall–Kier alpha value is -3.68. The van der Waals surface area contributed by atoms with Crippen molar-refractivity contribution in [3.63, 3.8) is 0 Å². The number of hydrogen-bond acceptors (Lipinski definition) is 5. The van der Waals surface area contributed by atoms with Crippen LogP contribution in [0.4, 0.5) is 5.69 Å². The van der Waals surface area contributed by atoms with Gasteiger partial charge in [-0.2, -0.15) is 10.2 Å². The highest BCUT2D eigenvalue weighted by atomic mass is 16.3. The molecule has 0 aliphatic rings. The number of nitrogens with zero attached hydrogens (tertiary/aromatic N) is 3. The third-order valence-corrected chi connectivity index (χ3v) is 3.68. The number of carbonyl (C=O) groups is 2. The zero-order chi connectivity index (χ0) is 18.5. The summed E-state index contributed by atoms with van der Waals surface area (Å²) in [6, 6.07) is 12.0. The number of amides is 2. The van der Waals surface area contributed by atoms with Gasteiger partial charge >= 0.3 is 5.91 Å². The van der Waals surface area contributed by atoms with Gasteiger partial charge in [-0.1, -0.05) is 12.1 Å². The van der Waals surface area contributed by atoms with Crippen LogP contribution in [0.2, 0.25) is 0 Å². The van der Waals surface area contributed by atoms with Gasteiger partial charge in [0.1, 0.15) is 5.69 Å². The number of anilines is 1. The van der Waals surface area contributed by atoms with Crippen LogP contribution in [0.25, 0.3) is 0 Å². The van der Waals surface area contributed by atoms with Crippen molar-refractivity contribution >= 4 is 23.2 Å². The number of nitrogens with one attached hydrogen (secondary N) is 2. The maximum Gasteiger partial charge on any atom is 0.307 e. The molecule has 0 saturated carbocycles. The maximum absolute atomic E-state index is 12.2. The van der Waals surface area contributed by atoms with E-state index in [1.54, 1.807) is 62.6 Å². The van der Waals surface area contributed by atoms with Crippen LogP contribution in [0.3, 0.4) is 0 Å². The monoisotopic (exact) mass is 351 g/mol. The van der Waals surface area contributed by atoms with E-state index in [-0.39, 0.29) is 11.7 Å². The zero-order valence-electron chi connectivity index (χ0n) is 14.3. The lowest BCUT2D eigenvalue weighted by atomic mass is 10.1. The van der Waals surface area contributed by atoms with E-state index in [2.05, 4.69) is 20.9 Å². The molecule has 2 heterocycles. The molecular weight excluding hydrogens is 334 g/mol. The number of carbonyl (C=O) groups excluding carboxylic acids is 2. The fourth-order valence-electron chi connectivity index (χ4n) is 2.25. The number of rotatable bonds is 5. The molecule has 2 aromatic heterocycles. The first-order valence-corrected chi connectivity index (χ1v) is 7.82. The van der Waals surface area contributed by atoms with E-state index >= 15 is 0 Å². The van der Waals surface area contributed by atoms with Crippen molar-refractivity contribution in [2.75, 3.05) is 5.32 Å². The Labute approximate surface area is 149 Å². The molecule has 0 spiro atoms. The van der Waals surface area contributed by atoms with E-state index < -0.39 is 5.91 Å². The minimum atomic E-state index is -0.422. The summed E-state index contributed by atoms with van der Waals surface area (Å²) in [6.45, 7) is 1.77. The molecule has 2 N–H and O–H groups in total. The first kappa shape index (κ1) is 17.2. The second-order valence-electron chi connectivity index (χ2n) is 5.49. The van der Waals surface area contributed by atoms with Crippen molar-refractivity contribution in [1.29, 1.82) is 0 Å². The number of furan rings is 1. The quantitative estimate of drug-likeness (QED) is 0.544. The predicted octanol–water partition coefficient (Wildman–Crippen LogP) is 2.42. The molecule has 26 heavy (non-hydrogen) atoms. The van der Waals surface area contributed by atoms with E-state index in [1.807, 2.05) is 0 Å². The van der Waals surface area contributed by atoms with E-state index in [1.165, 1.54) is 10.9 Å². The molecule has 2 amide bonds. The van der Waals surface area contributed by atoms with Crippen molar-refractivity contribution in [2.45, 2.75) is 6.92 Å². The van der Waals surface area contributed by atoms with Crippen LogP contribution >= 0.6 is 0 Å². The summed E-state index contributed by atoms with van der Waals surface area (Å²) in [5.74, 6) is -0.474. The third kappa shape index (κ3) is 3.86. The van der Waals surface area contributed by atoms with E-state index in [9.17, 15) is 9.59 Å². The number of hydrazone groups is 1. The highest BCUT2D eigenvalue weighted by molar-refractivity contribution is 6.04. The summed E-state index contributed by atoms with van der Waals surface area (Å²) in [5, 5.41) is 10.8. The normalized spacial score (nSPS) is 11.2. The third-order valence-electron chi connectivity index (χ3n) is 3.68. The van der Waals surface area contributed by atoms with Crippen LogP contribution in [-0.4, -0.2) is 27.3 Å². The highest BCUT2D eigenvalue weighted by Crippen LogP contribution is 2.12. The molecule has 0 unspecified atom stereocenters. The fraction of sp³-hybridized carbons (Fsp3) is 0.111. The molecular formula is C18H17N5O3. The summed E-state index contributed by atoms with van der Waals surface area (Å²) in [7, 11) is 1.70. The molecule has 3 rings (SSSR count). The van der Waals surface area contributed by atoms with Gasteiger partial charge in [-0.15, -0.1) is 0 Å². The second-order valence-corrected chi connectivity index (χ2v) is 5.49. The Morgan fingerprint density at radius 1 is 1.12 bits per heavy atom. The molecule has 8 heteroatoms. The van der Waals surface area contributed by atoms with Crippen molar-refractivity contribution < 1.29 is 14.0 Å². The Balaban J connectivity index is 1.63. The van der Waals surface area contributed by atoms with E-state index in [0.717, 1.165) is 5.56 Å². The average molecular weight is 351 g/mol. The van der Waals surface area contributed by atoms with Crippen LogP contribution < -0.4 is 10.7 Å². The summed E-state index contributed by atoms with van der Waals surface area (Å²) in [4.78, 5) is 23.9. The lowest BCUT2D eigenvalue weighted by molar-refractivity contribution is 0.0926. The number of hydrogen-bond donors (Lipinski definition) is 2. The summed E-state index contributed by atoms with van der Waals surface area (Å²) < 4.78 is 6.50. The summed E-state index contributed by atoms with van der Waals surface area (Å²) in [5.41, 5.74) is 4.97. The molecule has 0 saturated heterocycles. The van der Waals surface area contributed by atoms with Gasteiger partial charge in [0.05, 0.1) is 12.0 Å². The molecule has 0 fully saturated rings. The van der Waals surface area contributed by atoms with Gasteiger partial charge in [0.15, 0.2) is 5.76 Å². The van der Waals surface area contributed by atoms with E-state index in [4.69, 9.17) is 4.42 Å². The molecule has 132 valence electrons. The Kier molecular flexibility index (Phi) is 4.93. The van der Waals surface area contributed by atoms with Crippen molar-refractivity contribution in [2.24, 2.45) is 12.1 Å². The molecule has 0 aliphatic heterocycles. The molecule has 1 aromatic carbocycles. The SMILES string of the molecule is CC(=NNC(=O)c1ccco1)c1ccc(NC(=O)c2ccnn2C)cc1. The Bertz CT molecular complexity index is 940. The number of aromatic nitrogens is 2. The van der Waals surface area contributed by atoms with Gasteiger partial charge in [-0.05, 0) is 42.8 Å². The standard InChI is InChI=1S/C18H17N5O3/c1-12(21-22-18(25)16-4-3-11-26-16)13-5-7-14(8-6-13)20-17(24)15-9-10-19-23(15)2/h3-11H,1-2H3,(H,20,24)(H,22,25). The number of aryl methyl sites for hydroxylation is 1. The van der Waals surface area contributed by atoms with Gasteiger partial charge in [0, 0.05) is 18.9 Å². The van der Waals surface area contributed by atoms with Gasteiger partial charge in [0.2, 0.25) is 0 Å². The van der Waals surface area contributed by atoms with Crippen molar-refractivity contribution in [3.8, 4) is 0 Å². The van der Waals surface area contributed by atoms with Gasteiger partial charge in [0.25, 0.3) is 5.91 Å². The topological polar surface area (TPSA) is 102 Å². The first-order chi connectivity index (χ1) is 12.5. The maximum atomic E-state index is 12.2. The van der Waals surface area contributed by atoms with Crippen LogP contribution in [-0.2, 0) is 7.05 Å². The van der Waals surface area contributed by atoms with Gasteiger partial charge in [-0.25, -0.2) is 5.43 Å². The van der Waals surface area contributed by atoms with Crippen molar-refractivity contribution in [1.82, 2.24) is 15.2 Å². The Morgan fingerprint density at radius 2 is 1.88 bits per heavy atom. The van der Waals surface area contributed by atoms with E-state index in [0.29, 0.717) is 17.1 Å². The zero-order valence-corrected chi connectivity index (χ0v) is 14.3. The minimum Gasteiger partial charge on any atom is -0.459 e. The highest BCUT2D eigenvalue weighted by Gasteiger charge is 2.10. The fourth-order valence-corrected chi connectivity index (χ4v) is 2.25. The van der Waals surface area contributed by atoms with Crippen LogP contribution in [0, 0.1) is 0 Å². The van der Waals surface area contributed by atoms with Crippen molar-refractivity contribution in [3.05, 3.63) is 71.9 Å².